The summed E-state index contributed by atoms with van der Waals surface area (Å²) < 4.78 is 7.16. The highest BCUT2D eigenvalue weighted by Crippen LogP contribution is 2.36. The van der Waals surface area contributed by atoms with Gasteiger partial charge in [0.05, 0.1) is 15.7 Å². The summed E-state index contributed by atoms with van der Waals surface area (Å²) in [4.78, 5) is 24.6. The van der Waals surface area contributed by atoms with Gasteiger partial charge in [-0.15, -0.1) is 0 Å². The van der Waals surface area contributed by atoms with Gasteiger partial charge in [-0.25, -0.2) is 0 Å². The number of ether oxygens (including phenoxy) is 1. The molecule has 3 rings (SSSR count). The van der Waals surface area contributed by atoms with E-state index in [0.29, 0.717) is 32.1 Å². The smallest absolute Gasteiger partial charge is 0.273 e. The maximum Gasteiger partial charge on any atom is 0.273 e. The van der Waals surface area contributed by atoms with E-state index in [-0.39, 0.29) is 12.3 Å². The number of nitrogens with zero attached hydrogens (tertiary/aromatic N) is 2. The minimum absolute atomic E-state index is 0.125. The van der Waals surface area contributed by atoms with Crippen LogP contribution in [0.5, 0.6) is 5.75 Å². The van der Waals surface area contributed by atoms with Gasteiger partial charge in [-0.05, 0) is 29.8 Å². The number of hydrogen-bond acceptors (Lipinski definition) is 4. The van der Waals surface area contributed by atoms with Gasteiger partial charge in [0.2, 0.25) is 0 Å². The summed E-state index contributed by atoms with van der Waals surface area (Å²) in [6, 6.07) is 9.91. The molecular formula is C20H17Cl3N4O3. The number of aryl methyl sites for hydroxylation is 1. The molecule has 2 amide bonds. The fourth-order valence-corrected chi connectivity index (χ4v) is 3.61. The summed E-state index contributed by atoms with van der Waals surface area (Å²) in [5, 5.41) is 10.3. The van der Waals surface area contributed by atoms with Crippen molar-refractivity contribution in [3.05, 3.63) is 74.5 Å². The average molecular weight is 468 g/mol. The van der Waals surface area contributed by atoms with E-state index < -0.39 is 11.8 Å². The Morgan fingerprint density at radius 1 is 1.10 bits per heavy atom. The number of amides is 2. The summed E-state index contributed by atoms with van der Waals surface area (Å²) in [6.07, 6.45) is 1.56. The maximum absolute atomic E-state index is 12.7. The Bertz CT molecular complexity index is 1090. The van der Waals surface area contributed by atoms with Gasteiger partial charge in [0, 0.05) is 30.9 Å². The summed E-state index contributed by atoms with van der Waals surface area (Å²) in [6.45, 7) is 0.137. The van der Waals surface area contributed by atoms with Crippen LogP contribution in [0.15, 0.2) is 42.6 Å². The first-order valence-electron chi connectivity index (χ1n) is 8.72. The molecule has 2 aromatic carbocycles. The number of halogens is 3. The summed E-state index contributed by atoms with van der Waals surface area (Å²) in [5.74, 6) is -0.481. The van der Waals surface area contributed by atoms with E-state index >= 15 is 0 Å². The van der Waals surface area contributed by atoms with Crippen LogP contribution in [0.25, 0.3) is 0 Å². The van der Waals surface area contributed by atoms with Crippen molar-refractivity contribution in [1.29, 1.82) is 0 Å². The van der Waals surface area contributed by atoms with Gasteiger partial charge >= 0.3 is 0 Å². The van der Waals surface area contributed by atoms with E-state index in [0.717, 1.165) is 5.56 Å². The molecule has 1 aromatic heterocycles. The first-order valence-corrected chi connectivity index (χ1v) is 9.85. The highest BCUT2D eigenvalue weighted by Gasteiger charge is 2.18. The van der Waals surface area contributed by atoms with E-state index in [1.807, 2.05) is 0 Å². The fraction of sp³-hybridized carbons (Fsp3) is 0.150. The molecule has 0 spiro atoms. The van der Waals surface area contributed by atoms with Gasteiger partial charge in [0.1, 0.15) is 6.61 Å². The molecule has 0 aliphatic heterocycles. The molecule has 1 heterocycles. The Balaban J connectivity index is 1.74. The van der Waals surface area contributed by atoms with Gasteiger partial charge in [-0.1, -0.05) is 46.9 Å². The van der Waals surface area contributed by atoms with Crippen LogP contribution in [0.2, 0.25) is 15.1 Å². The van der Waals surface area contributed by atoms with Crippen molar-refractivity contribution < 1.29 is 14.3 Å². The Morgan fingerprint density at radius 2 is 1.80 bits per heavy atom. The second kappa shape index (κ2) is 9.38. The van der Waals surface area contributed by atoms with Crippen molar-refractivity contribution in [1.82, 2.24) is 15.1 Å². The van der Waals surface area contributed by atoms with Crippen LogP contribution < -0.4 is 15.4 Å². The molecule has 0 bridgehead atoms. The second-order valence-corrected chi connectivity index (χ2v) is 7.54. The summed E-state index contributed by atoms with van der Waals surface area (Å²) >= 11 is 18.2. The third-order valence-electron chi connectivity index (χ3n) is 4.05. The predicted octanol–water partition coefficient (Wildman–Crippen LogP) is 4.57. The number of carbonyl (C=O) groups excluding carboxylic acids is 2. The number of carbonyl (C=O) groups is 2. The molecule has 0 saturated heterocycles. The normalized spacial score (nSPS) is 10.6. The fourth-order valence-electron chi connectivity index (χ4n) is 2.69. The van der Waals surface area contributed by atoms with Crippen molar-refractivity contribution in [3.8, 4) is 5.75 Å². The van der Waals surface area contributed by atoms with Gasteiger partial charge < -0.3 is 15.4 Å². The van der Waals surface area contributed by atoms with Crippen molar-refractivity contribution in [2.45, 2.75) is 6.61 Å². The zero-order valence-electron chi connectivity index (χ0n) is 16.0. The quantitative estimate of drug-likeness (QED) is 0.556. The number of anilines is 1. The van der Waals surface area contributed by atoms with Crippen molar-refractivity contribution >= 4 is 52.3 Å². The van der Waals surface area contributed by atoms with E-state index in [1.54, 1.807) is 37.5 Å². The van der Waals surface area contributed by atoms with Gasteiger partial charge in [-0.3, -0.25) is 14.3 Å². The largest absolute Gasteiger partial charge is 0.486 e. The Hall–Kier alpha value is -2.74. The zero-order valence-corrected chi connectivity index (χ0v) is 18.3. The van der Waals surface area contributed by atoms with Gasteiger partial charge in [0.15, 0.2) is 11.4 Å². The van der Waals surface area contributed by atoms with Gasteiger partial charge in [-0.2, -0.15) is 5.10 Å². The summed E-state index contributed by atoms with van der Waals surface area (Å²) in [5.41, 5.74) is 1.54. The lowest BCUT2D eigenvalue weighted by Gasteiger charge is -2.11. The number of rotatable bonds is 6. The molecule has 0 saturated carbocycles. The molecule has 0 fully saturated rings. The topological polar surface area (TPSA) is 85.3 Å². The number of aromatic nitrogens is 2. The van der Waals surface area contributed by atoms with E-state index in [4.69, 9.17) is 39.5 Å². The van der Waals surface area contributed by atoms with E-state index in [9.17, 15) is 9.59 Å². The predicted molar refractivity (Wildman–Crippen MR) is 117 cm³/mol. The van der Waals surface area contributed by atoms with Crippen LogP contribution in [-0.4, -0.2) is 28.6 Å². The highest BCUT2D eigenvalue weighted by molar-refractivity contribution is 6.40. The molecule has 0 unspecified atom stereocenters. The minimum atomic E-state index is -0.398. The lowest BCUT2D eigenvalue weighted by molar-refractivity contribution is 0.0958. The van der Waals surface area contributed by atoms with Crippen LogP contribution in [-0.2, 0) is 13.7 Å². The maximum atomic E-state index is 12.7. The van der Waals surface area contributed by atoms with Crippen molar-refractivity contribution in [3.63, 3.8) is 0 Å². The number of nitrogens with one attached hydrogen (secondary N) is 2. The monoisotopic (exact) mass is 466 g/mol. The molecule has 2 N–H and O–H groups in total. The summed E-state index contributed by atoms with van der Waals surface area (Å²) in [7, 11) is 3.15. The number of hydrogen-bond donors (Lipinski definition) is 2. The van der Waals surface area contributed by atoms with Crippen LogP contribution in [0.1, 0.15) is 26.4 Å². The minimum Gasteiger partial charge on any atom is -0.486 e. The molecule has 0 aliphatic rings. The zero-order chi connectivity index (χ0) is 21.8. The molecule has 0 aliphatic carbocycles. The molecule has 156 valence electrons. The molecule has 0 atom stereocenters. The second-order valence-electron chi connectivity index (χ2n) is 6.29. The lowest BCUT2D eigenvalue weighted by atomic mass is 10.1. The van der Waals surface area contributed by atoms with Crippen LogP contribution >= 0.6 is 34.8 Å². The standard InChI is InChI=1S/C20H17Cl3N4O3/c1-24-20(29)17-16(9-27(2)26-17)25-19(28)12-5-3-4-11(6-12)10-30-18-14(22)7-13(21)8-15(18)23/h3-9H,10H2,1-2H3,(H,24,29)(H,25,28). The highest BCUT2D eigenvalue weighted by atomic mass is 35.5. The first-order chi connectivity index (χ1) is 14.3. The Labute approximate surface area is 187 Å². The van der Waals surface area contributed by atoms with Crippen molar-refractivity contribution in [2.75, 3.05) is 12.4 Å². The number of benzene rings is 2. The SMILES string of the molecule is CNC(=O)c1nn(C)cc1NC(=O)c1cccc(COc2c(Cl)cc(Cl)cc2Cl)c1. The molecule has 7 nitrogen and oxygen atoms in total. The molecule has 0 radical (unpaired) electrons. The molecule has 30 heavy (non-hydrogen) atoms. The Kier molecular flexibility index (Phi) is 6.87. The lowest BCUT2D eigenvalue weighted by Crippen LogP contribution is -2.21. The van der Waals surface area contributed by atoms with Crippen molar-refractivity contribution in [2.24, 2.45) is 7.05 Å². The molecule has 3 aromatic rings. The average Bonchev–Trinajstić information content (AvgIpc) is 3.06. The van der Waals surface area contributed by atoms with Gasteiger partial charge in [0.25, 0.3) is 11.8 Å². The van der Waals surface area contributed by atoms with Crippen LogP contribution in [0.4, 0.5) is 5.69 Å². The van der Waals surface area contributed by atoms with E-state index in [2.05, 4.69) is 15.7 Å². The molecular weight excluding hydrogens is 451 g/mol. The first kappa shape index (κ1) is 22.0. The third-order valence-corrected chi connectivity index (χ3v) is 4.83. The van der Waals surface area contributed by atoms with Crippen LogP contribution in [0.3, 0.4) is 0 Å². The van der Waals surface area contributed by atoms with Crippen LogP contribution in [0, 0.1) is 0 Å². The Morgan fingerprint density at radius 3 is 2.47 bits per heavy atom. The third kappa shape index (κ3) is 5.05. The van der Waals surface area contributed by atoms with E-state index in [1.165, 1.54) is 23.9 Å². The molecule has 10 heteroatoms.